The average Bonchev–Trinajstić information content (AvgIpc) is 3.12. The molecule has 9 nitrogen and oxygen atoms in total. The molecule has 4 aromatic carbocycles. The molecule has 1 aromatic heterocycles. The van der Waals surface area contributed by atoms with Gasteiger partial charge in [-0.05, 0) is 70.8 Å². The zero-order valence-corrected chi connectivity index (χ0v) is 33.9. The number of hydrogen-bond donors (Lipinski definition) is 2. The lowest BCUT2D eigenvalue weighted by Gasteiger charge is -2.42. The Bertz CT molecular complexity index is 2740. The quantitative estimate of drug-likeness (QED) is 0.169. The van der Waals surface area contributed by atoms with Gasteiger partial charge in [-0.2, -0.15) is 8.42 Å². The van der Waals surface area contributed by atoms with E-state index in [9.17, 15) is 18.0 Å². The molecule has 286 valence electrons. The van der Waals surface area contributed by atoms with Gasteiger partial charge in [-0.1, -0.05) is 108 Å². The summed E-state index contributed by atoms with van der Waals surface area (Å²) in [5.41, 5.74) is 2.34. The van der Waals surface area contributed by atoms with E-state index < -0.39 is 26.9 Å². The van der Waals surface area contributed by atoms with Crippen LogP contribution < -0.4 is 20.9 Å². The van der Waals surface area contributed by atoms with Gasteiger partial charge in [-0.25, -0.2) is 0 Å². The third-order valence-electron chi connectivity index (χ3n) is 11.0. The van der Waals surface area contributed by atoms with Crippen molar-refractivity contribution >= 4 is 61.2 Å². The second-order valence-electron chi connectivity index (χ2n) is 16.9. The molecule has 0 fully saturated rings. The zero-order chi connectivity index (χ0) is 39.9. The fourth-order valence-corrected chi connectivity index (χ4v) is 10.2. The van der Waals surface area contributed by atoms with Crippen molar-refractivity contribution in [2.75, 3.05) is 10.6 Å². The minimum Gasteiger partial charge on any atom is -0.455 e. The third kappa shape index (κ3) is 6.25. The molecule has 56 heavy (non-hydrogen) atoms. The van der Waals surface area contributed by atoms with Crippen molar-refractivity contribution in [1.29, 1.82) is 0 Å². The van der Waals surface area contributed by atoms with Gasteiger partial charge < -0.3 is 19.9 Å². The molecule has 1 aliphatic heterocycles. The van der Waals surface area contributed by atoms with Crippen molar-refractivity contribution in [1.82, 2.24) is 4.57 Å². The Morgan fingerprint density at radius 2 is 1.66 bits per heavy atom. The Morgan fingerprint density at radius 3 is 2.36 bits per heavy atom. The van der Waals surface area contributed by atoms with Crippen LogP contribution in [0.2, 0.25) is 5.02 Å². The van der Waals surface area contributed by atoms with E-state index in [0.29, 0.717) is 39.2 Å². The van der Waals surface area contributed by atoms with Gasteiger partial charge >= 0.3 is 0 Å². The summed E-state index contributed by atoms with van der Waals surface area (Å²) >= 11 is 6.19. The number of ether oxygens (including phenoxy) is 1. The van der Waals surface area contributed by atoms with Crippen LogP contribution in [0.4, 0.5) is 17.1 Å². The molecule has 8 rings (SSSR count). The van der Waals surface area contributed by atoms with Crippen molar-refractivity contribution in [3.63, 3.8) is 0 Å². The highest BCUT2D eigenvalue weighted by Gasteiger charge is 2.49. The number of nitrogens with zero attached hydrogens (tertiary/aromatic N) is 2. The number of ketones is 1. The van der Waals surface area contributed by atoms with Crippen LogP contribution in [-0.2, 0) is 27.9 Å². The number of halogens is 1. The Kier molecular flexibility index (Phi) is 8.74. The molecule has 0 bridgehead atoms. The summed E-state index contributed by atoms with van der Waals surface area (Å²) in [6.45, 7) is 13.1. The number of nitrogens with one attached hydrogen (secondary N) is 2. The molecule has 2 N–H and O–H groups in total. The topological polar surface area (TPSA) is 119 Å². The van der Waals surface area contributed by atoms with Crippen LogP contribution >= 0.6 is 11.6 Å². The lowest BCUT2D eigenvalue weighted by Crippen LogP contribution is -2.45. The van der Waals surface area contributed by atoms with E-state index in [0.717, 1.165) is 12.1 Å². The fraction of sp³-hybridized carbons (Fsp3) is 0.267. The fourth-order valence-electron chi connectivity index (χ4n) is 8.85. The molecule has 11 heteroatoms. The smallest absolute Gasteiger partial charge is 0.286 e. The highest BCUT2D eigenvalue weighted by molar-refractivity contribution is 7.90. The minimum absolute atomic E-state index is 0.0404. The molecular weight excluding hydrogens is 744 g/mol. The molecule has 0 radical (unpaired) electrons. The van der Waals surface area contributed by atoms with Crippen LogP contribution in [0.5, 0.6) is 11.5 Å². The number of aryl methyl sites for hydroxylation is 1. The van der Waals surface area contributed by atoms with Crippen LogP contribution in [0, 0.1) is 11.3 Å². The molecule has 3 aliphatic rings. The summed E-state index contributed by atoms with van der Waals surface area (Å²) in [7, 11) is -2.68. The van der Waals surface area contributed by atoms with Crippen molar-refractivity contribution in [3.8, 4) is 11.5 Å². The molecule has 2 heterocycles. The monoisotopic (exact) mass is 786 g/mol. The van der Waals surface area contributed by atoms with Gasteiger partial charge in [0.25, 0.3) is 15.6 Å². The number of Topliss-reactive ketones (excluding diaryl/α,β-unsaturated/α-hetero) is 1. The van der Waals surface area contributed by atoms with E-state index in [1.165, 1.54) is 16.2 Å². The number of rotatable bonds is 7. The number of anilines is 3. The molecule has 0 amide bonds. The number of pyridine rings is 1. The van der Waals surface area contributed by atoms with Crippen LogP contribution in [0.3, 0.4) is 0 Å². The average molecular weight is 787 g/mol. The number of sulfonamides is 1. The summed E-state index contributed by atoms with van der Waals surface area (Å²) in [5, 5.41) is 7.31. The lowest BCUT2D eigenvalue weighted by atomic mass is 9.61. The van der Waals surface area contributed by atoms with Crippen molar-refractivity contribution in [2.45, 2.75) is 63.7 Å². The highest BCUT2D eigenvalue weighted by atomic mass is 35.5. The number of carbonyl (C=O) groups excluding carboxylic acids is 1. The van der Waals surface area contributed by atoms with Crippen molar-refractivity contribution < 1.29 is 17.9 Å². The second kappa shape index (κ2) is 13.1. The van der Waals surface area contributed by atoms with Gasteiger partial charge in [0.15, 0.2) is 17.4 Å². The van der Waals surface area contributed by atoms with E-state index in [-0.39, 0.29) is 43.6 Å². The Morgan fingerprint density at radius 1 is 0.946 bits per heavy atom. The molecule has 2 unspecified atom stereocenters. The molecule has 5 aromatic rings. The van der Waals surface area contributed by atoms with E-state index in [4.69, 9.17) is 16.3 Å². The Labute approximate surface area is 331 Å². The molecular formula is C45H43ClN4O5S. The summed E-state index contributed by atoms with van der Waals surface area (Å²) < 4.78 is 39.8. The van der Waals surface area contributed by atoms with Gasteiger partial charge in [-0.3, -0.25) is 9.59 Å². The molecule has 2 atom stereocenters. The summed E-state index contributed by atoms with van der Waals surface area (Å²) in [6.07, 6.45) is 8.38. The van der Waals surface area contributed by atoms with Gasteiger partial charge in [0.1, 0.15) is 10.6 Å². The zero-order valence-electron chi connectivity index (χ0n) is 32.3. The first-order valence-electron chi connectivity index (χ1n) is 18.5. The molecule has 0 saturated carbocycles. The first-order chi connectivity index (χ1) is 26.4. The van der Waals surface area contributed by atoms with E-state index in [1.54, 1.807) is 25.2 Å². The maximum absolute atomic E-state index is 15.0. The maximum atomic E-state index is 15.0. The first kappa shape index (κ1) is 37.5. The number of para-hydroxylation sites is 1. The highest BCUT2D eigenvalue weighted by Crippen LogP contribution is 2.52. The normalized spacial score (nSPS) is 19.5. The van der Waals surface area contributed by atoms with Crippen molar-refractivity contribution in [2.24, 2.45) is 22.8 Å². The number of aromatic nitrogens is 1. The number of allylic oxidation sites excluding steroid dienone is 4. The molecule has 2 aliphatic carbocycles. The number of carbonyl (C=O) groups is 1. The second-order valence-corrected chi connectivity index (χ2v) is 18.9. The lowest BCUT2D eigenvalue weighted by molar-refractivity contribution is 0.0909. The number of benzene rings is 4. The predicted molar refractivity (Wildman–Crippen MR) is 225 cm³/mol. The minimum atomic E-state index is -4.29. The SMILES string of the molecule is Cn1c(=O)c(C2=NS(=O)(=O)c3cc(Cl)ccc3N2)c2c3c(c(Nc4ccccc4)cc(Oc4ccc(C(C)(C)CC(C)(C)C)cc4)c31)C(=O)C1C=CC=CC21C. The van der Waals surface area contributed by atoms with E-state index >= 15 is 0 Å². The number of amidine groups is 1. The van der Waals surface area contributed by atoms with E-state index in [1.807, 2.05) is 73.7 Å². The Balaban J connectivity index is 1.41. The van der Waals surface area contributed by atoms with Crippen LogP contribution in [-0.4, -0.2) is 24.6 Å². The maximum Gasteiger partial charge on any atom is 0.286 e. The largest absolute Gasteiger partial charge is 0.455 e. The van der Waals surface area contributed by atoms with Gasteiger partial charge in [0.2, 0.25) is 0 Å². The predicted octanol–water partition coefficient (Wildman–Crippen LogP) is 10.2. The summed E-state index contributed by atoms with van der Waals surface area (Å²) in [4.78, 5) is 29.8. The van der Waals surface area contributed by atoms with Gasteiger partial charge in [-0.15, -0.1) is 4.40 Å². The van der Waals surface area contributed by atoms with Gasteiger partial charge in [0, 0.05) is 34.6 Å². The summed E-state index contributed by atoms with van der Waals surface area (Å²) in [6, 6.07) is 23.7. The number of hydrogen-bond acceptors (Lipinski definition) is 7. The van der Waals surface area contributed by atoms with Crippen LogP contribution in [0.25, 0.3) is 10.9 Å². The standard InChI is InChI=1S/C45H43ClN4O5S/c1-43(2,3)25-44(4,5)26-16-19-29(20-17-26)55-33-24-32(47-28-13-9-8-10-14-28)35-36-38(45(6)22-12-11-15-30(45)40(35)51)37(42(52)50(7)39(33)36)41-48-31-21-18-27(46)23-34(31)56(53,54)49-41/h8-24,30,47H,25H2,1-7H3,(H,48,49). The van der Waals surface area contributed by atoms with Crippen LogP contribution in [0.1, 0.15) is 75.0 Å². The third-order valence-corrected chi connectivity index (χ3v) is 12.6. The van der Waals surface area contributed by atoms with Gasteiger partial charge in [0.05, 0.1) is 33.9 Å². The molecule has 0 spiro atoms. The van der Waals surface area contributed by atoms with E-state index in [2.05, 4.69) is 61.8 Å². The molecule has 0 saturated heterocycles. The number of fused-ring (bicyclic) bond motifs is 3. The van der Waals surface area contributed by atoms with Crippen LogP contribution in [0.15, 0.2) is 117 Å². The first-order valence-corrected chi connectivity index (χ1v) is 20.4. The Hall–Kier alpha value is -5.45. The summed E-state index contributed by atoms with van der Waals surface area (Å²) in [5.74, 6) is -0.124. The van der Waals surface area contributed by atoms with Crippen molar-refractivity contribution in [3.05, 3.63) is 141 Å².